The van der Waals surface area contributed by atoms with Gasteiger partial charge in [-0.2, -0.15) is 5.10 Å². The van der Waals surface area contributed by atoms with Crippen molar-refractivity contribution in [3.8, 4) is 11.6 Å². The minimum atomic E-state index is -0.784. The maximum atomic E-state index is 12.4. The van der Waals surface area contributed by atoms with E-state index in [0.717, 1.165) is 10.3 Å². The summed E-state index contributed by atoms with van der Waals surface area (Å²) in [6.45, 7) is 1.75. The molecule has 0 atom stereocenters. The molecule has 3 aromatic rings. The molecule has 0 radical (unpaired) electrons. The van der Waals surface area contributed by atoms with Gasteiger partial charge in [0, 0.05) is 10.7 Å². The molecule has 1 aromatic heterocycles. The lowest BCUT2D eigenvalue weighted by Crippen LogP contribution is -2.34. The second kappa shape index (κ2) is 9.38. The van der Waals surface area contributed by atoms with Gasteiger partial charge in [-0.25, -0.2) is 9.36 Å². The summed E-state index contributed by atoms with van der Waals surface area (Å²) in [7, 11) is 0. The van der Waals surface area contributed by atoms with Gasteiger partial charge in [-0.1, -0.05) is 36.7 Å². The van der Waals surface area contributed by atoms with Gasteiger partial charge < -0.3 is 10.4 Å². The Morgan fingerprint density at radius 2 is 1.83 bits per heavy atom. The molecule has 0 aliphatic rings. The lowest BCUT2D eigenvalue weighted by Gasteiger charge is -2.13. The molecule has 0 saturated carbocycles. The van der Waals surface area contributed by atoms with Gasteiger partial charge in [0.15, 0.2) is 5.11 Å². The smallest absolute Gasteiger partial charge is 0.335 e. The number of hydrogen-bond acceptors (Lipinski definition) is 5. The van der Waals surface area contributed by atoms with E-state index in [2.05, 4.69) is 20.8 Å². The first-order valence-electron chi connectivity index (χ1n) is 8.94. The number of aromatic hydroxyl groups is 1. The van der Waals surface area contributed by atoms with E-state index in [4.69, 9.17) is 23.8 Å². The zero-order valence-electron chi connectivity index (χ0n) is 15.8. The fourth-order valence-electron chi connectivity index (χ4n) is 2.73. The molecule has 0 aliphatic heterocycles. The number of thiocarbonyl (C=S) groups is 1. The summed E-state index contributed by atoms with van der Waals surface area (Å²) in [6.07, 6.45) is 0.288. The summed E-state index contributed by atoms with van der Waals surface area (Å²) in [6, 6.07) is 15.5. The van der Waals surface area contributed by atoms with Gasteiger partial charge in [0.05, 0.1) is 11.4 Å². The normalized spacial score (nSPS) is 11.2. The fourth-order valence-corrected chi connectivity index (χ4v) is 3.01. The van der Waals surface area contributed by atoms with Gasteiger partial charge >= 0.3 is 5.69 Å². The van der Waals surface area contributed by atoms with Gasteiger partial charge in [-0.05, 0) is 55.0 Å². The summed E-state index contributed by atoms with van der Waals surface area (Å²) in [5.74, 6) is -0.532. The Bertz CT molecular complexity index is 1200. The Morgan fingerprint density at radius 3 is 2.47 bits per heavy atom. The first-order chi connectivity index (χ1) is 14.4. The van der Waals surface area contributed by atoms with Crippen molar-refractivity contribution in [2.24, 2.45) is 5.10 Å². The summed E-state index contributed by atoms with van der Waals surface area (Å²) in [5.41, 5.74) is 2.30. The highest BCUT2D eigenvalue weighted by atomic mass is 35.5. The molecule has 154 valence electrons. The van der Waals surface area contributed by atoms with Gasteiger partial charge in [0.1, 0.15) is 5.56 Å². The zero-order valence-corrected chi connectivity index (χ0v) is 17.4. The van der Waals surface area contributed by atoms with E-state index in [9.17, 15) is 14.7 Å². The first-order valence-corrected chi connectivity index (χ1v) is 9.72. The number of nitrogens with zero attached hydrogens (tertiary/aromatic N) is 2. The highest BCUT2D eigenvalue weighted by molar-refractivity contribution is 7.80. The molecule has 10 heteroatoms. The zero-order chi connectivity index (χ0) is 21.7. The Balaban J connectivity index is 1.96. The van der Waals surface area contributed by atoms with Crippen LogP contribution in [0.4, 0.5) is 5.69 Å². The third-order valence-electron chi connectivity index (χ3n) is 4.12. The second-order valence-corrected chi connectivity index (χ2v) is 6.96. The minimum Gasteiger partial charge on any atom is -0.493 e. The number of H-pyrrole nitrogens is 1. The van der Waals surface area contributed by atoms with Gasteiger partial charge in [-0.3, -0.25) is 15.2 Å². The van der Waals surface area contributed by atoms with Crippen molar-refractivity contribution in [2.75, 3.05) is 5.32 Å². The molecule has 1 heterocycles. The molecule has 0 amide bonds. The van der Waals surface area contributed by atoms with Crippen molar-refractivity contribution in [3.63, 3.8) is 0 Å². The molecular weight excluding hydrogens is 426 g/mol. The number of para-hydroxylation sites is 1. The third kappa shape index (κ3) is 4.76. The predicted octanol–water partition coefficient (Wildman–Crippen LogP) is 2.99. The number of aromatic amines is 1. The summed E-state index contributed by atoms with van der Waals surface area (Å²) >= 11 is 11.1. The van der Waals surface area contributed by atoms with Crippen LogP contribution in [0.1, 0.15) is 18.9 Å². The van der Waals surface area contributed by atoms with Crippen molar-refractivity contribution >= 4 is 40.3 Å². The summed E-state index contributed by atoms with van der Waals surface area (Å²) in [5, 5.41) is 18.5. The maximum Gasteiger partial charge on any atom is 0.335 e. The van der Waals surface area contributed by atoms with Crippen LogP contribution < -0.4 is 22.0 Å². The number of hydrogen-bond donors (Lipinski definition) is 4. The Morgan fingerprint density at radius 1 is 1.17 bits per heavy atom. The number of halogens is 1. The number of benzene rings is 2. The SMILES string of the molecule is CCC(=NNC(=S)Nc1ccccc1)c1c(O)n(-c2ccc(Cl)cc2)c(=O)[nH]c1=O. The third-order valence-corrected chi connectivity index (χ3v) is 4.56. The van der Waals surface area contributed by atoms with Crippen molar-refractivity contribution in [1.29, 1.82) is 0 Å². The largest absolute Gasteiger partial charge is 0.493 e. The molecular formula is C20H18ClN5O3S. The molecule has 0 fully saturated rings. The Kier molecular flexibility index (Phi) is 6.65. The van der Waals surface area contributed by atoms with E-state index in [0.29, 0.717) is 10.7 Å². The topological polar surface area (TPSA) is 112 Å². The molecule has 0 unspecified atom stereocenters. The number of nitrogens with one attached hydrogen (secondary N) is 3. The van der Waals surface area contributed by atoms with Crippen LogP contribution in [0.2, 0.25) is 5.02 Å². The Labute approximate surface area is 181 Å². The van der Waals surface area contributed by atoms with Crippen molar-refractivity contribution in [2.45, 2.75) is 13.3 Å². The first kappa shape index (κ1) is 21.3. The van der Waals surface area contributed by atoms with E-state index >= 15 is 0 Å². The monoisotopic (exact) mass is 443 g/mol. The lowest BCUT2D eigenvalue weighted by molar-refractivity contribution is 0.429. The van der Waals surface area contributed by atoms with E-state index in [1.807, 2.05) is 30.3 Å². The van der Waals surface area contributed by atoms with Crippen LogP contribution >= 0.6 is 23.8 Å². The van der Waals surface area contributed by atoms with Crippen LogP contribution in [0.25, 0.3) is 5.69 Å². The van der Waals surface area contributed by atoms with Crippen molar-refractivity contribution in [1.82, 2.24) is 15.0 Å². The molecule has 3 rings (SSSR count). The summed E-state index contributed by atoms with van der Waals surface area (Å²) in [4.78, 5) is 26.9. The van der Waals surface area contributed by atoms with Gasteiger partial charge in [-0.15, -0.1) is 0 Å². The van der Waals surface area contributed by atoms with E-state index in [-0.39, 0.29) is 22.8 Å². The molecule has 0 saturated heterocycles. The van der Waals surface area contributed by atoms with Crippen molar-refractivity contribution < 1.29 is 5.11 Å². The van der Waals surface area contributed by atoms with Gasteiger partial charge in [0.2, 0.25) is 5.88 Å². The number of anilines is 1. The quantitative estimate of drug-likeness (QED) is 0.274. The molecule has 30 heavy (non-hydrogen) atoms. The van der Waals surface area contributed by atoms with Crippen LogP contribution in [-0.2, 0) is 0 Å². The van der Waals surface area contributed by atoms with Crippen LogP contribution in [-0.4, -0.2) is 25.5 Å². The number of hydrazone groups is 1. The molecule has 8 nitrogen and oxygen atoms in total. The average Bonchev–Trinajstić information content (AvgIpc) is 2.72. The second-order valence-electron chi connectivity index (χ2n) is 6.11. The summed E-state index contributed by atoms with van der Waals surface area (Å²) < 4.78 is 0.971. The Hall–Kier alpha value is -3.43. The standard InChI is InChI=1S/C20H18ClN5O3S/c1-2-15(24-25-19(30)22-13-6-4-3-5-7-13)16-17(27)23-20(29)26(18(16)28)14-10-8-12(21)9-11-14/h3-11,28H,2H2,1H3,(H2,22,25,30)(H,23,27,29). The van der Waals surface area contributed by atoms with Gasteiger partial charge in [0.25, 0.3) is 5.56 Å². The fraction of sp³-hybridized carbons (Fsp3) is 0.100. The highest BCUT2D eigenvalue weighted by Crippen LogP contribution is 2.19. The maximum absolute atomic E-state index is 12.4. The van der Waals surface area contributed by atoms with Crippen LogP contribution in [0.15, 0.2) is 69.3 Å². The van der Waals surface area contributed by atoms with Crippen LogP contribution in [0.5, 0.6) is 5.88 Å². The van der Waals surface area contributed by atoms with E-state index in [1.165, 1.54) is 0 Å². The molecule has 4 N–H and O–H groups in total. The number of rotatable bonds is 5. The highest BCUT2D eigenvalue weighted by Gasteiger charge is 2.19. The van der Waals surface area contributed by atoms with Crippen LogP contribution in [0, 0.1) is 0 Å². The molecule has 0 aliphatic carbocycles. The predicted molar refractivity (Wildman–Crippen MR) is 122 cm³/mol. The molecule has 2 aromatic carbocycles. The van der Waals surface area contributed by atoms with Crippen LogP contribution in [0.3, 0.4) is 0 Å². The van der Waals surface area contributed by atoms with E-state index < -0.39 is 17.1 Å². The molecule has 0 spiro atoms. The minimum absolute atomic E-state index is 0.137. The average molecular weight is 444 g/mol. The van der Waals surface area contributed by atoms with E-state index in [1.54, 1.807) is 31.2 Å². The number of aromatic nitrogens is 2. The lowest BCUT2D eigenvalue weighted by atomic mass is 10.1. The molecule has 0 bridgehead atoms. The van der Waals surface area contributed by atoms with Crippen molar-refractivity contribution in [3.05, 3.63) is 86.0 Å².